The number of nitrogens with zero attached hydrogens (tertiary/aromatic N) is 1. The molecule has 15 nitrogen and oxygen atoms in total. The molecule has 1 saturated heterocycles. The van der Waals surface area contributed by atoms with Crippen LogP contribution in [0.3, 0.4) is 0 Å². The minimum atomic E-state index is -1.18. The van der Waals surface area contributed by atoms with Crippen LogP contribution in [0.2, 0.25) is 0 Å². The molecular formula is C39H53N7O8. The van der Waals surface area contributed by atoms with Crippen molar-refractivity contribution in [1.29, 1.82) is 0 Å². The SMILES string of the molecule is CC[C@H](C)[C@@H]1NC(=O)NCCOCCNC(=O)[C@H](Cc2ccccc2)NC(=O)[C@H](Cc2ccc(O)cc2)NC(=O)[C@@H]2C=CCN2C(=O)[C@H](C(C)C)NC1=O. The van der Waals surface area contributed by atoms with Crippen molar-refractivity contribution in [3.63, 3.8) is 0 Å². The number of aromatic hydroxyl groups is 1. The van der Waals surface area contributed by atoms with E-state index >= 15 is 0 Å². The zero-order valence-corrected chi connectivity index (χ0v) is 31.3. The highest BCUT2D eigenvalue weighted by Crippen LogP contribution is 2.18. The Balaban J connectivity index is 1.66. The van der Waals surface area contributed by atoms with Gasteiger partial charge in [0.2, 0.25) is 29.5 Å². The van der Waals surface area contributed by atoms with Crippen LogP contribution >= 0.6 is 0 Å². The van der Waals surface area contributed by atoms with Crippen LogP contribution in [0.25, 0.3) is 0 Å². The van der Waals surface area contributed by atoms with Crippen molar-refractivity contribution < 1.29 is 38.6 Å². The Kier molecular flexibility index (Phi) is 15.4. The van der Waals surface area contributed by atoms with E-state index in [9.17, 15) is 33.9 Å². The molecule has 6 atom stereocenters. The summed E-state index contributed by atoms with van der Waals surface area (Å²) in [5.74, 6) is -3.42. The normalized spacial score (nSPS) is 24.7. The van der Waals surface area contributed by atoms with E-state index in [4.69, 9.17) is 4.74 Å². The van der Waals surface area contributed by atoms with Crippen LogP contribution in [0.1, 0.15) is 45.2 Å². The molecule has 2 aliphatic rings. The summed E-state index contributed by atoms with van der Waals surface area (Å²) in [5, 5.41) is 26.5. The van der Waals surface area contributed by atoms with Crippen LogP contribution < -0.4 is 31.9 Å². The van der Waals surface area contributed by atoms with Crippen LogP contribution in [0.15, 0.2) is 66.7 Å². The summed E-state index contributed by atoms with van der Waals surface area (Å²) in [7, 11) is 0. The molecule has 7 amide bonds. The van der Waals surface area contributed by atoms with E-state index in [1.807, 2.05) is 44.2 Å². The lowest BCUT2D eigenvalue weighted by molar-refractivity contribution is -0.142. The van der Waals surface area contributed by atoms with E-state index in [2.05, 4.69) is 31.9 Å². The van der Waals surface area contributed by atoms with E-state index in [0.717, 1.165) is 5.56 Å². The van der Waals surface area contributed by atoms with E-state index in [1.165, 1.54) is 17.0 Å². The molecule has 0 radical (unpaired) electrons. The standard InChI is InChI=1S/C39H53N7O8/c1-5-25(4)33-37(51)44-32(24(2)3)38(52)46-19-9-12-31(46)36(50)43-30(23-27-13-15-28(47)16-14-27)35(49)42-29(22-26-10-7-6-8-11-26)34(48)40-17-20-54-21-18-41-39(53)45-33/h6-16,24-25,29-33,47H,5,17-23H2,1-4H3,(H,40,48)(H,42,49)(H,43,50)(H,44,51)(H2,41,45,53)/t25-,29-,30-,31-,32-,33-/m0/s1. The first-order valence-corrected chi connectivity index (χ1v) is 18.5. The predicted octanol–water partition coefficient (Wildman–Crippen LogP) is 0.915. The summed E-state index contributed by atoms with van der Waals surface area (Å²) in [6.45, 7) is 7.82. The molecule has 4 rings (SSSR count). The van der Waals surface area contributed by atoms with E-state index in [1.54, 1.807) is 38.1 Å². The second-order valence-electron chi connectivity index (χ2n) is 13.9. The molecule has 2 aliphatic heterocycles. The largest absolute Gasteiger partial charge is 0.508 e. The number of fused-ring (bicyclic) bond motifs is 1. The molecule has 292 valence electrons. The lowest BCUT2D eigenvalue weighted by atomic mass is 9.96. The van der Waals surface area contributed by atoms with Gasteiger partial charge in [-0.3, -0.25) is 24.0 Å². The maximum absolute atomic E-state index is 14.1. The number of ether oxygens (including phenoxy) is 1. The number of amides is 7. The molecule has 2 aromatic carbocycles. The smallest absolute Gasteiger partial charge is 0.315 e. The predicted molar refractivity (Wildman–Crippen MR) is 201 cm³/mol. The van der Waals surface area contributed by atoms with Crippen LogP contribution in [0, 0.1) is 11.8 Å². The molecule has 15 heteroatoms. The van der Waals surface area contributed by atoms with Crippen LogP contribution in [-0.2, 0) is 41.6 Å². The Bertz CT molecular complexity index is 1640. The van der Waals surface area contributed by atoms with Crippen LogP contribution in [-0.4, -0.2) is 109 Å². The average molecular weight is 748 g/mol. The lowest BCUT2D eigenvalue weighted by Crippen LogP contribution is -2.61. The molecule has 0 unspecified atom stereocenters. The van der Waals surface area contributed by atoms with Crippen molar-refractivity contribution in [1.82, 2.24) is 36.8 Å². The van der Waals surface area contributed by atoms with E-state index in [0.29, 0.717) is 12.0 Å². The van der Waals surface area contributed by atoms with Gasteiger partial charge in [0, 0.05) is 32.5 Å². The summed E-state index contributed by atoms with van der Waals surface area (Å²) in [6, 6.07) is 9.45. The number of carbonyl (C=O) groups excluding carboxylic acids is 6. The minimum Gasteiger partial charge on any atom is -0.508 e. The van der Waals surface area contributed by atoms with Gasteiger partial charge in [0.1, 0.15) is 36.0 Å². The second kappa shape index (κ2) is 20.1. The zero-order valence-electron chi connectivity index (χ0n) is 31.3. The topological polar surface area (TPSA) is 207 Å². The number of carbonyl (C=O) groups is 6. The molecule has 7 N–H and O–H groups in total. The number of urea groups is 1. The third-order valence-corrected chi connectivity index (χ3v) is 9.52. The first-order valence-electron chi connectivity index (χ1n) is 18.5. The fourth-order valence-corrected chi connectivity index (χ4v) is 6.18. The quantitative estimate of drug-likeness (QED) is 0.202. The Morgan fingerprint density at radius 3 is 1.98 bits per heavy atom. The van der Waals surface area contributed by atoms with Crippen molar-refractivity contribution in [2.75, 3.05) is 32.8 Å². The van der Waals surface area contributed by atoms with Crippen molar-refractivity contribution in [3.05, 3.63) is 77.9 Å². The molecule has 54 heavy (non-hydrogen) atoms. The highest BCUT2D eigenvalue weighted by Gasteiger charge is 2.39. The lowest BCUT2D eigenvalue weighted by Gasteiger charge is -2.33. The third-order valence-electron chi connectivity index (χ3n) is 9.52. The van der Waals surface area contributed by atoms with Gasteiger partial charge in [-0.2, -0.15) is 0 Å². The van der Waals surface area contributed by atoms with Crippen molar-refractivity contribution in [3.8, 4) is 5.75 Å². The minimum absolute atomic E-state index is 0.0111. The van der Waals surface area contributed by atoms with Gasteiger partial charge in [-0.25, -0.2) is 4.79 Å². The summed E-state index contributed by atoms with van der Waals surface area (Å²) in [6.07, 6.45) is 3.96. The first-order chi connectivity index (χ1) is 25.9. The number of rotatable bonds is 7. The number of hydrogen-bond donors (Lipinski definition) is 7. The molecule has 2 heterocycles. The van der Waals surface area contributed by atoms with Gasteiger partial charge >= 0.3 is 6.03 Å². The van der Waals surface area contributed by atoms with E-state index < -0.39 is 65.8 Å². The Morgan fingerprint density at radius 1 is 0.722 bits per heavy atom. The maximum atomic E-state index is 14.1. The molecule has 0 aliphatic carbocycles. The fraction of sp³-hybridized carbons (Fsp3) is 0.487. The van der Waals surface area contributed by atoms with Gasteiger partial charge < -0.3 is 46.6 Å². The van der Waals surface area contributed by atoms with Gasteiger partial charge in [0.25, 0.3) is 0 Å². The molecule has 0 spiro atoms. The van der Waals surface area contributed by atoms with Crippen molar-refractivity contribution in [2.45, 2.75) is 77.2 Å². The average Bonchev–Trinajstić information content (AvgIpc) is 3.65. The molecule has 0 bridgehead atoms. The Morgan fingerprint density at radius 2 is 1.33 bits per heavy atom. The van der Waals surface area contributed by atoms with Gasteiger partial charge in [-0.15, -0.1) is 0 Å². The van der Waals surface area contributed by atoms with Gasteiger partial charge in [0.15, 0.2) is 0 Å². The van der Waals surface area contributed by atoms with Gasteiger partial charge in [-0.05, 0) is 35.1 Å². The highest BCUT2D eigenvalue weighted by atomic mass is 16.5. The molecule has 0 aromatic heterocycles. The fourth-order valence-electron chi connectivity index (χ4n) is 6.18. The van der Waals surface area contributed by atoms with Crippen molar-refractivity contribution >= 4 is 35.6 Å². The first kappa shape index (κ1) is 41.3. The monoisotopic (exact) mass is 747 g/mol. The number of benzene rings is 2. The number of phenols is 1. The van der Waals surface area contributed by atoms with Crippen LogP contribution in [0.4, 0.5) is 4.79 Å². The zero-order chi connectivity index (χ0) is 39.2. The Labute approximate surface area is 316 Å². The number of phenolic OH excluding ortho intramolecular Hbond substituents is 1. The molecule has 2 aromatic rings. The molecular weight excluding hydrogens is 694 g/mol. The summed E-state index contributed by atoms with van der Waals surface area (Å²) < 4.78 is 5.60. The summed E-state index contributed by atoms with van der Waals surface area (Å²) >= 11 is 0. The second-order valence-corrected chi connectivity index (χ2v) is 13.9. The Hall–Kier alpha value is -5.44. The molecule has 0 saturated carbocycles. The van der Waals surface area contributed by atoms with Gasteiger partial charge in [0.05, 0.1) is 13.2 Å². The summed E-state index contributed by atoms with van der Waals surface area (Å²) in [4.78, 5) is 83.5. The van der Waals surface area contributed by atoms with Crippen molar-refractivity contribution in [2.24, 2.45) is 11.8 Å². The van der Waals surface area contributed by atoms with Crippen LogP contribution in [0.5, 0.6) is 5.75 Å². The maximum Gasteiger partial charge on any atom is 0.315 e. The third kappa shape index (κ3) is 11.8. The van der Waals surface area contributed by atoms with E-state index in [-0.39, 0.29) is 63.3 Å². The number of hydrogen-bond acceptors (Lipinski definition) is 8. The summed E-state index contributed by atoms with van der Waals surface area (Å²) in [5.41, 5.74) is 1.42. The molecule has 1 fully saturated rings. The highest BCUT2D eigenvalue weighted by molar-refractivity contribution is 5.98. The number of nitrogens with one attached hydrogen (secondary N) is 6. The van der Waals surface area contributed by atoms with Gasteiger partial charge in [-0.1, -0.05) is 88.7 Å².